The van der Waals surface area contributed by atoms with Crippen LogP contribution in [0.3, 0.4) is 0 Å². The van der Waals surface area contributed by atoms with Gasteiger partial charge in [0.2, 0.25) is 0 Å². The van der Waals surface area contributed by atoms with Gasteiger partial charge < -0.3 is 9.64 Å². The van der Waals surface area contributed by atoms with Gasteiger partial charge in [-0.1, -0.05) is 0 Å². The molecule has 0 aliphatic carbocycles. The van der Waals surface area contributed by atoms with Gasteiger partial charge in [-0.25, -0.2) is 4.98 Å². The Morgan fingerprint density at radius 3 is 2.82 bits per heavy atom. The van der Waals surface area contributed by atoms with E-state index in [2.05, 4.69) is 11.1 Å². The molecular formula is C16H15N3O2S. The Labute approximate surface area is 133 Å². The van der Waals surface area contributed by atoms with Crippen molar-refractivity contribution < 1.29 is 9.53 Å². The van der Waals surface area contributed by atoms with Gasteiger partial charge in [0.05, 0.1) is 29.4 Å². The van der Waals surface area contributed by atoms with Crippen LogP contribution in [-0.4, -0.2) is 31.2 Å². The van der Waals surface area contributed by atoms with E-state index in [-0.39, 0.29) is 5.91 Å². The molecule has 0 unspecified atom stereocenters. The average molecular weight is 313 g/mol. The monoisotopic (exact) mass is 313 g/mol. The first kappa shape index (κ1) is 15.9. The van der Waals surface area contributed by atoms with Gasteiger partial charge in [-0.2, -0.15) is 5.26 Å². The molecule has 1 aromatic heterocycles. The smallest absolute Gasteiger partial charge is 0.251 e. The lowest BCUT2D eigenvalue weighted by Gasteiger charge is -2.21. The van der Waals surface area contributed by atoms with E-state index in [1.165, 1.54) is 17.4 Å². The Hall–Kier alpha value is -2.49. The molecule has 0 radical (unpaired) electrons. The van der Waals surface area contributed by atoms with Crippen LogP contribution in [0.1, 0.15) is 11.3 Å². The first-order valence-electron chi connectivity index (χ1n) is 6.61. The fourth-order valence-electron chi connectivity index (χ4n) is 1.82. The minimum absolute atomic E-state index is 0.158. The molecule has 0 atom stereocenters. The fourth-order valence-corrected chi connectivity index (χ4v) is 2.34. The molecule has 1 aromatic carbocycles. The summed E-state index contributed by atoms with van der Waals surface area (Å²) in [6.07, 6.45) is 3.17. The van der Waals surface area contributed by atoms with Crippen molar-refractivity contribution in [1.29, 1.82) is 5.26 Å². The summed E-state index contributed by atoms with van der Waals surface area (Å²) in [5.41, 5.74) is 3.75. The molecule has 0 fully saturated rings. The summed E-state index contributed by atoms with van der Waals surface area (Å²) < 4.78 is 5.06. The van der Waals surface area contributed by atoms with E-state index in [4.69, 9.17) is 10.00 Å². The third-order valence-electron chi connectivity index (χ3n) is 2.94. The predicted molar refractivity (Wildman–Crippen MR) is 86.5 cm³/mol. The highest BCUT2D eigenvalue weighted by Crippen LogP contribution is 2.16. The highest BCUT2D eigenvalue weighted by atomic mass is 32.1. The predicted octanol–water partition coefficient (Wildman–Crippen LogP) is 2.71. The quantitative estimate of drug-likeness (QED) is 0.769. The lowest BCUT2D eigenvalue weighted by atomic mass is 10.2. The molecule has 0 N–H and O–H groups in total. The van der Waals surface area contributed by atoms with Gasteiger partial charge in [-0.15, -0.1) is 11.3 Å². The summed E-state index contributed by atoms with van der Waals surface area (Å²) in [7, 11) is 1.59. The number of nitriles is 1. The van der Waals surface area contributed by atoms with E-state index in [1.54, 1.807) is 47.9 Å². The second-order valence-electron chi connectivity index (χ2n) is 4.39. The van der Waals surface area contributed by atoms with Crippen LogP contribution in [0.25, 0.3) is 6.08 Å². The number of amides is 1. The number of ether oxygens (including phenoxy) is 1. The van der Waals surface area contributed by atoms with Crippen molar-refractivity contribution in [3.05, 3.63) is 52.5 Å². The lowest BCUT2D eigenvalue weighted by Crippen LogP contribution is -2.32. The Morgan fingerprint density at radius 1 is 1.45 bits per heavy atom. The number of nitrogens with zero attached hydrogens (tertiary/aromatic N) is 3. The minimum Gasteiger partial charge on any atom is -0.383 e. The summed E-state index contributed by atoms with van der Waals surface area (Å²) in [6.45, 7) is 0.860. The number of carbonyl (C=O) groups excluding carboxylic acids is 1. The third-order valence-corrected chi connectivity index (χ3v) is 3.55. The second kappa shape index (κ2) is 8.08. The molecule has 0 bridgehead atoms. The standard InChI is InChI=1S/C16H15N3O2S/c1-21-9-8-19(15-5-2-13(10-17)3-6-15)16(20)7-4-14-11-22-12-18-14/h2-7,11-12H,8-9H2,1H3. The second-order valence-corrected chi connectivity index (χ2v) is 5.11. The zero-order valence-electron chi connectivity index (χ0n) is 12.1. The minimum atomic E-state index is -0.158. The topological polar surface area (TPSA) is 66.2 Å². The fraction of sp³-hybridized carbons (Fsp3) is 0.188. The molecule has 5 nitrogen and oxygen atoms in total. The van der Waals surface area contributed by atoms with Gasteiger partial charge in [0.25, 0.3) is 5.91 Å². The Balaban J connectivity index is 2.17. The number of thiazole rings is 1. The summed E-state index contributed by atoms with van der Waals surface area (Å²) in [5, 5.41) is 10.7. The van der Waals surface area contributed by atoms with Crippen LogP contribution in [-0.2, 0) is 9.53 Å². The normalized spacial score (nSPS) is 10.5. The number of aromatic nitrogens is 1. The van der Waals surface area contributed by atoms with Gasteiger partial charge >= 0.3 is 0 Å². The first-order chi connectivity index (χ1) is 10.7. The maximum atomic E-state index is 12.4. The molecule has 22 heavy (non-hydrogen) atoms. The van der Waals surface area contributed by atoms with Crippen molar-refractivity contribution in [3.8, 4) is 6.07 Å². The lowest BCUT2D eigenvalue weighted by molar-refractivity contribution is -0.114. The van der Waals surface area contributed by atoms with Gasteiger partial charge in [-0.3, -0.25) is 4.79 Å². The summed E-state index contributed by atoms with van der Waals surface area (Å²) >= 11 is 1.48. The van der Waals surface area contributed by atoms with Crippen LogP contribution >= 0.6 is 11.3 Å². The number of hydrogen-bond donors (Lipinski definition) is 0. The molecule has 2 aromatic rings. The van der Waals surface area contributed by atoms with E-state index < -0.39 is 0 Å². The van der Waals surface area contributed by atoms with Crippen LogP contribution < -0.4 is 4.90 Å². The summed E-state index contributed by atoms with van der Waals surface area (Å²) in [6, 6.07) is 8.94. The highest BCUT2D eigenvalue weighted by Gasteiger charge is 2.13. The van der Waals surface area contributed by atoms with Crippen molar-refractivity contribution in [2.24, 2.45) is 0 Å². The molecule has 1 heterocycles. The van der Waals surface area contributed by atoms with E-state index in [9.17, 15) is 4.79 Å². The van der Waals surface area contributed by atoms with Crippen molar-refractivity contribution in [2.75, 3.05) is 25.2 Å². The van der Waals surface area contributed by atoms with Gasteiger partial charge in [-0.05, 0) is 30.3 Å². The maximum absolute atomic E-state index is 12.4. The van der Waals surface area contributed by atoms with E-state index in [1.807, 2.05) is 5.38 Å². The number of rotatable bonds is 6. The molecule has 2 rings (SSSR count). The maximum Gasteiger partial charge on any atom is 0.251 e. The average Bonchev–Trinajstić information content (AvgIpc) is 3.07. The van der Waals surface area contributed by atoms with E-state index in [0.29, 0.717) is 18.7 Å². The number of carbonyl (C=O) groups is 1. The summed E-state index contributed by atoms with van der Waals surface area (Å²) in [4.78, 5) is 18.1. The zero-order chi connectivity index (χ0) is 15.8. The van der Waals surface area contributed by atoms with Crippen LogP contribution in [0, 0.1) is 11.3 Å². The summed E-state index contributed by atoms with van der Waals surface area (Å²) in [5.74, 6) is -0.158. The molecule has 112 valence electrons. The van der Waals surface area contributed by atoms with E-state index in [0.717, 1.165) is 11.4 Å². The van der Waals surface area contributed by atoms with Crippen molar-refractivity contribution >= 4 is 29.0 Å². The van der Waals surface area contributed by atoms with Crippen molar-refractivity contribution in [1.82, 2.24) is 4.98 Å². The number of benzene rings is 1. The number of methoxy groups -OCH3 is 1. The highest BCUT2D eigenvalue weighted by molar-refractivity contribution is 7.07. The number of anilines is 1. The SMILES string of the molecule is COCCN(C(=O)C=Cc1cscn1)c1ccc(C#N)cc1. The molecule has 1 amide bonds. The van der Waals surface area contributed by atoms with Crippen molar-refractivity contribution in [3.63, 3.8) is 0 Å². The Kier molecular flexibility index (Phi) is 5.83. The van der Waals surface area contributed by atoms with Crippen LogP contribution in [0.5, 0.6) is 0 Å². The molecule has 6 heteroatoms. The molecule has 0 spiro atoms. The van der Waals surface area contributed by atoms with E-state index >= 15 is 0 Å². The third kappa shape index (κ3) is 4.25. The molecule has 0 saturated heterocycles. The van der Waals surface area contributed by atoms with Crippen LogP contribution in [0.2, 0.25) is 0 Å². The molecular weight excluding hydrogens is 298 g/mol. The Bertz CT molecular complexity index is 672. The van der Waals surface area contributed by atoms with Crippen LogP contribution in [0.15, 0.2) is 41.2 Å². The van der Waals surface area contributed by atoms with Gasteiger partial charge in [0.15, 0.2) is 0 Å². The molecule has 0 aliphatic rings. The van der Waals surface area contributed by atoms with Gasteiger partial charge in [0.1, 0.15) is 0 Å². The molecule has 0 aliphatic heterocycles. The van der Waals surface area contributed by atoms with Crippen LogP contribution in [0.4, 0.5) is 5.69 Å². The largest absolute Gasteiger partial charge is 0.383 e. The zero-order valence-corrected chi connectivity index (χ0v) is 12.9. The van der Waals surface area contributed by atoms with Gasteiger partial charge in [0, 0.05) is 30.8 Å². The van der Waals surface area contributed by atoms with Crippen molar-refractivity contribution in [2.45, 2.75) is 0 Å². The Morgan fingerprint density at radius 2 is 2.23 bits per heavy atom. The molecule has 0 saturated carbocycles. The first-order valence-corrected chi connectivity index (χ1v) is 7.55. The number of hydrogen-bond acceptors (Lipinski definition) is 5.